The summed E-state index contributed by atoms with van der Waals surface area (Å²) >= 11 is 0. The fourth-order valence-electron chi connectivity index (χ4n) is 3.33. The van der Waals surface area contributed by atoms with Crippen LogP contribution in [-0.2, 0) is 20.1 Å². The topological polar surface area (TPSA) is 58.0 Å². The van der Waals surface area contributed by atoms with Crippen molar-refractivity contribution in [3.05, 3.63) is 85.5 Å². The zero-order valence-electron chi connectivity index (χ0n) is 16.1. The van der Waals surface area contributed by atoms with Gasteiger partial charge in [0.2, 0.25) is 0 Å². The maximum atomic E-state index is 4.62. The molecule has 1 fully saturated rings. The number of rotatable bonds is 4. The fourth-order valence-corrected chi connectivity index (χ4v) is 3.33. The minimum atomic E-state index is 0. The van der Waals surface area contributed by atoms with Crippen molar-refractivity contribution in [2.24, 2.45) is 0 Å². The van der Waals surface area contributed by atoms with Gasteiger partial charge in [0, 0.05) is 69.1 Å². The van der Waals surface area contributed by atoms with Gasteiger partial charge in [0.1, 0.15) is 11.6 Å². The Morgan fingerprint density at radius 2 is 1.10 bits per heavy atom. The average molecular weight is 569 g/mol. The van der Waals surface area contributed by atoms with Crippen LogP contribution < -0.4 is 9.62 Å². The molecule has 4 aromatic heterocycles. The van der Waals surface area contributed by atoms with Crippen LogP contribution in [0.1, 0.15) is 0 Å². The van der Waals surface area contributed by atoms with Crippen LogP contribution >= 0.6 is 0 Å². The Kier molecular flexibility index (Phi) is 6.16. The zero-order chi connectivity index (χ0) is 19.5. The van der Waals surface area contributed by atoms with Crippen molar-refractivity contribution >= 4 is 19.2 Å². The normalized spacial score (nSPS) is 12.9. The van der Waals surface area contributed by atoms with Crippen molar-refractivity contribution in [3.63, 3.8) is 0 Å². The molecule has 4 aromatic rings. The van der Waals surface area contributed by atoms with Crippen LogP contribution in [0.5, 0.6) is 0 Å². The summed E-state index contributed by atoms with van der Waals surface area (Å²) in [7, 11) is 2.06. The summed E-state index contributed by atoms with van der Waals surface area (Å²) in [5.74, 6) is 1.83. The summed E-state index contributed by atoms with van der Waals surface area (Å²) < 4.78 is 0. The largest absolute Gasteiger partial charge is 0.394 e. The molecule has 6 nitrogen and oxygen atoms in total. The number of pyridine rings is 4. The van der Waals surface area contributed by atoms with E-state index in [4.69, 9.17) is 0 Å². The van der Waals surface area contributed by atoms with Gasteiger partial charge in [-0.25, -0.2) is 9.97 Å². The Balaban J connectivity index is 0.00000218. The van der Waals surface area contributed by atoms with E-state index in [1.807, 2.05) is 60.9 Å². The molecule has 148 valence electrons. The van der Waals surface area contributed by atoms with Gasteiger partial charge < -0.3 is 9.62 Å². The van der Waals surface area contributed by atoms with E-state index >= 15 is 0 Å². The van der Waals surface area contributed by atoms with E-state index in [0.717, 1.165) is 47.2 Å². The minimum absolute atomic E-state index is 0. The summed E-state index contributed by atoms with van der Waals surface area (Å²) in [5, 5.41) is 0. The van der Waals surface area contributed by atoms with E-state index in [1.165, 1.54) is 0 Å². The van der Waals surface area contributed by atoms with Crippen molar-refractivity contribution in [2.75, 3.05) is 22.7 Å². The molecule has 1 aliphatic rings. The number of nitrogens with zero attached hydrogens (tertiary/aromatic N) is 6. The molecule has 8 heteroatoms. The molecule has 0 bridgehead atoms. The Morgan fingerprint density at radius 3 is 1.47 bits per heavy atom. The Labute approximate surface area is 189 Å². The molecular weight excluding hydrogens is 551 g/mol. The molecule has 1 aliphatic heterocycles. The molecule has 0 spiro atoms. The Bertz CT molecular complexity index is 989. The van der Waals surface area contributed by atoms with Gasteiger partial charge in [-0.1, -0.05) is 12.1 Å². The standard InChI is InChI=1S/C22H18BN6.Ir/c1-3-11-24-19(5-1)17-7-9-21(26-15-17)28-13-14-29(23-28)22-10-8-18(16-27-22)20-6-2-4-12-25-20;/h1-12,15-16H,13-14H2;. The Hall–Kier alpha value is -3.09. The molecule has 0 atom stereocenters. The van der Waals surface area contributed by atoms with Crippen LogP contribution in [0.4, 0.5) is 11.6 Å². The summed E-state index contributed by atoms with van der Waals surface area (Å²) in [5.41, 5.74) is 3.88. The quantitative estimate of drug-likeness (QED) is 0.351. The van der Waals surface area contributed by atoms with Crippen molar-refractivity contribution < 1.29 is 20.1 Å². The van der Waals surface area contributed by atoms with Gasteiger partial charge in [-0.3, -0.25) is 9.97 Å². The van der Waals surface area contributed by atoms with E-state index in [1.54, 1.807) is 12.4 Å². The first kappa shape index (κ1) is 20.2. The molecule has 30 heavy (non-hydrogen) atoms. The molecule has 0 unspecified atom stereocenters. The number of aromatic nitrogens is 4. The third-order valence-electron chi connectivity index (χ3n) is 4.87. The molecule has 5 rings (SSSR count). The SMILES string of the molecule is [B]1N(c2ccc(-c3ccccn3)cn2)CCN1c1ccc(-c2ccccn2)cn1.[Ir]. The third-order valence-corrected chi connectivity index (χ3v) is 4.87. The first-order chi connectivity index (χ1) is 14.4. The smallest absolute Gasteiger partial charge is 0.382 e. The number of hydrogen-bond acceptors (Lipinski definition) is 6. The maximum Gasteiger partial charge on any atom is 0.394 e. The molecular formula is C22H18BIrN6. The second-order valence-corrected chi connectivity index (χ2v) is 6.74. The van der Waals surface area contributed by atoms with Gasteiger partial charge in [-0.15, -0.1) is 0 Å². The molecule has 0 aliphatic carbocycles. The van der Waals surface area contributed by atoms with Gasteiger partial charge in [0.05, 0.1) is 11.4 Å². The molecule has 2 radical (unpaired) electrons. The van der Waals surface area contributed by atoms with Crippen molar-refractivity contribution in [1.82, 2.24) is 19.9 Å². The van der Waals surface area contributed by atoms with Crippen molar-refractivity contribution in [3.8, 4) is 22.5 Å². The number of anilines is 2. The van der Waals surface area contributed by atoms with E-state index in [2.05, 4.69) is 49.2 Å². The first-order valence-corrected chi connectivity index (χ1v) is 9.50. The minimum Gasteiger partial charge on any atom is -0.382 e. The first-order valence-electron chi connectivity index (χ1n) is 9.50. The predicted octanol–water partition coefficient (Wildman–Crippen LogP) is 3.46. The van der Waals surface area contributed by atoms with Gasteiger partial charge >= 0.3 is 7.55 Å². The van der Waals surface area contributed by atoms with Crippen LogP contribution in [0.2, 0.25) is 0 Å². The molecule has 0 amide bonds. The molecule has 0 aromatic carbocycles. The summed E-state index contributed by atoms with van der Waals surface area (Å²) in [6.07, 6.45) is 7.32. The van der Waals surface area contributed by atoms with E-state index in [0.29, 0.717) is 0 Å². The van der Waals surface area contributed by atoms with Gasteiger partial charge in [0.25, 0.3) is 0 Å². The van der Waals surface area contributed by atoms with Gasteiger partial charge in [-0.2, -0.15) is 0 Å². The Morgan fingerprint density at radius 1 is 0.600 bits per heavy atom. The summed E-state index contributed by atoms with van der Waals surface area (Å²) in [6.45, 7) is 1.72. The van der Waals surface area contributed by atoms with Gasteiger partial charge in [-0.05, 0) is 48.5 Å². The summed E-state index contributed by atoms with van der Waals surface area (Å²) in [4.78, 5) is 22.3. The van der Waals surface area contributed by atoms with Crippen LogP contribution in [0.3, 0.4) is 0 Å². The van der Waals surface area contributed by atoms with E-state index in [9.17, 15) is 0 Å². The number of hydrogen-bond donors (Lipinski definition) is 0. The van der Waals surface area contributed by atoms with E-state index in [-0.39, 0.29) is 20.1 Å². The summed E-state index contributed by atoms with van der Waals surface area (Å²) in [6, 6.07) is 19.9. The monoisotopic (exact) mass is 570 g/mol. The van der Waals surface area contributed by atoms with Crippen LogP contribution in [0, 0.1) is 0 Å². The molecule has 0 N–H and O–H groups in total. The maximum absolute atomic E-state index is 4.62. The van der Waals surface area contributed by atoms with E-state index < -0.39 is 0 Å². The van der Waals surface area contributed by atoms with Gasteiger partial charge in [0.15, 0.2) is 0 Å². The molecule has 1 saturated heterocycles. The predicted molar refractivity (Wildman–Crippen MR) is 115 cm³/mol. The second-order valence-electron chi connectivity index (χ2n) is 6.74. The molecule has 5 heterocycles. The molecule has 0 saturated carbocycles. The van der Waals surface area contributed by atoms with Crippen molar-refractivity contribution in [2.45, 2.75) is 0 Å². The van der Waals surface area contributed by atoms with Crippen LogP contribution in [0.25, 0.3) is 22.5 Å². The fraction of sp³-hybridized carbons (Fsp3) is 0.0909. The zero-order valence-corrected chi connectivity index (χ0v) is 18.5. The second kappa shape index (κ2) is 9.16. The average Bonchev–Trinajstić information content (AvgIpc) is 3.31. The van der Waals surface area contributed by atoms with Crippen LogP contribution in [-0.4, -0.2) is 40.6 Å². The van der Waals surface area contributed by atoms with Crippen LogP contribution in [0.15, 0.2) is 85.5 Å². The third kappa shape index (κ3) is 4.25. The van der Waals surface area contributed by atoms with Crippen molar-refractivity contribution in [1.29, 1.82) is 0 Å².